The van der Waals surface area contributed by atoms with Gasteiger partial charge in [0.15, 0.2) is 0 Å². The predicted molar refractivity (Wildman–Crippen MR) is 78.5 cm³/mol. The molecule has 112 valence electrons. The Labute approximate surface area is 122 Å². The van der Waals surface area contributed by atoms with Gasteiger partial charge in [0.05, 0.1) is 11.4 Å². The Hall–Kier alpha value is -1.99. The van der Waals surface area contributed by atoms with Crippen LogP contribution in [0.5, 0.6) is 0 Å². The summed E-state index contributed by atoms with van der Waals surface area (Å²) in [6.07, 6.45) is 1.60. The average molecular weight is 308 g/mol. The fourth-order valence-electron chi connectivity index (χ4n) is 1.86. The zero-order valence-electron chi connectivity index (χ0n) is 11.7. The highest BCUT2D eigenvalue weighted by Crippen LogP contribution is 2.21. The zero-order valence-corrected chi connectivity index (χ0v) is 12.5. The molecular formula is C14H16N2O4S. The van der Waals surface area contributed by atoms with Gasteiger partial charge in [0.25, 0.3) is 0 Å². The number of aryl methyl sites for hydroxylation is 1. The summed E-state index contributed by atoms with van der Waals surface area (Å²) in [5.41, 5.74) is 1.31. The smallest absolute Gasteiger partial charge is 0.307 e. The first-order valence-electron chi connectivity index (χ1n) is 6.39. The van der Waals surface area contributed by atoms with Gasteiger partial charge < -0.3 is 5.11 Å². The number of aliphatic carboxylic acids is 1. The second-order valence-corrected chi connectivity index (χ2v) is 6.67. The molecule has 0 spiro atoms. The number of para-hydroxylation sites is 1. The Morgan fingerprint density at radius 2 is 2.14 bits per heavy atom. The van der Waals surface area contributed by atoms with E-state index in [1.807, 2.05) is 13.0 Å². The molecule has 1 heterocycles. The SMILES string of the molecule is Cc1cnc2c(S(=O)(=O)NCC(C)C(=O)O)cccc2c1. The number of hydrogen-bond donors (Lipinski definition) is 2. The number of nitrogens with one attached hydrogen (secondary N) is 1. The van der Waals surface area contributed by atoms with Gasteiger partial charge in [0.1, 0.15) is 4.90 Å². The number of carboxylic acids is 1. The standard InChI is InChI=1S/C14H16N2O4S/c1-9-6-11-4-3-5-12(13(11)15-7-9)21(19,20)16-8-10(2)14(17)18/h3-7,10,16H,8H2,1-2H3,(H,17,18). The summed E-state index contributed by atoms with van der Waals surface area (Å²) in [7, 11) is -3.80. The normalized spacial score (nSPS) is 13.2. The van der Waals surface area contributed by atoms with E-state index >= 15 is 0 Å². The number of fused-ring (bicyclic) bond motifs is 1. The zero-order chi connectivity index (χ0) is 15.6. The Balaban J connectivity index is 2.38. The van der Waals surface area contributed by atoms with E-state index in [0.717, 1.165) is 10.9 Å². The lowest BCUT2D eigenvalue weighted by atomic mass is 10.2. The minimum Gasteiger partial charge on any atom is -0.481 e. The first kappa shape index (κ1) is 15.4. The van der Waals surface area contributed by atoms with Crippen LogP contribution < -0.4 is 4.72 Å². The van der Waals surface area contributed by atoms with Crippen LogP contribution >= 0.6 is 0 Å². The van der Waals surface area contributed by atoms with Crippen molar-refractivity contribution < 1.29 is 18.3 Å². The Kier molecular flexibility index (Phi) is 4.24. The van der Waals surface area contributed by atoms with E-state index in [9.17, 15) is 13.2 Å². The summed E-state index contributed by atoms with van der Waals surface area (Å²) in [6.45, 7) is 3.15. The van der Waals surface area contributed by atoms with E-state index in [0.29, 0.717) is 5.52 Å². The van der Waals surface area contributed by atoms with Crippen molar-refractivity contribution in [1.29, 1.82) is 0 Å². The number of benzene rings is 1. The molecule has 0 bridgehead atoms. The van der Waals surface area contributed by atoms with Crippen molar-refractivity contribution >= 4 is 26.9 Å². The molecule has 1 atom stereocenters. The number of hydrogen-bond acceptors (Lipinski definition) is 4. The van der Waals surface area contributed by atoms with Crippen LogP contribution in [0, 0.1) is 12.8 Å². The molecule has 0 saturated carbocycles. The second-order valence-electron chi connectivity index (χ2n) is 4.93. The molecule has 0 aliphatic rings. The molecule has 0 fully saturated rings. The molecule has 7 heteroatoms. The van der Waals surface area contributed by atoms with Crippen molar-refractivity contribution in [2.24, 2.45) is 5.92 Å². The third kappa shape index (κ3) is 3.37. The third-order valence-corrected chi connectivity index (χ3v) is 4.56. The van der Waals surface area contributed by atoms with Gasteiger partial charge in [-0.1, -0.05) is 19.1 Å². The largest absolute Gasteiger partial charge is 0.481 e. The van der Waals surface area contributed by atoms with E-state index in [-0.39, 0.29) is 11.4 Å². The quantitative estimate of drug-likeness (QED) is 0.873. The maximum atomic E-state index is 12.3. The van der Waals surface area contributed by atoms with E-state index in [2.05, 4.69) is 9.71 Å². The summed E-state index contributed by atoms with van der Waals surface area (Å²) in [5.74, 6) is -1.85. The maximum absolute atomic E-state index is 12.3. The van der Waals surface area contributed by atoms with E-state index in [1.165, 1.54) is 13.0 Å². The number of carboxylic acid groups (broad SMARTS) is 1. The van der Waals surface area contributed by atoms with Gasteiger partial charge in [-0.05, 0) is 24.6 Å². The second kappa shape index (κ2) is 5.79. The summed E-state index contributed by atoms with van der Waals surface area (Å²) < 4.78 is 26.9. The first-order chi connectivity index (χ1) is 9.81. The van der Waals surface area contributed by atoms with Gasteiger partial charge in [-0.15, -0.1) is 0 Å². The fraction of sp³-hybridized carbons (Fsp3) is 0.286. The van der Waals surface area contributed by atoms with Gasteiger partial charge in [-0.3, -0.25) is 9.78 Å². The maximum Gasteiger partial charge on any atom is 0.307 e. The minimum atomic E-state index is -3.80. The highest BCUT2D eigenvalue weighted by Gasteiger charge is 2.20. The van der Waals surface area contributed by atoms with Crippen LogP contribution in [0.1, 0.15) is 12.5 Å². The molecule has 6 nitrogen and oxygen atoms in total. The molecule has 1 aromatic heterocycles. The van der Waals surface area contributed by atoms with E-state index < -0.39 is 21.9 Å². The number of aromatic nitrogens is 1. The van der Waals surface area contributed by atoms with Gasteiger partial charge in [0.2, 0.25) is 10.0 Å². The minimum absolute atomic E-state index is 0.0533. The summed E-state index contributed by atoms with van der Waals surface area (Å²) in [6, 6.07) is 6.73. The van der Waals surface area contributed by atoms with Crippen molar-refractivity contribution in [2.75, 3.05) is 6.54 Å². The molecule has 2 rings (SSSR count). The van der Waals surface area contributed by atoms with Crippen LogP contribution in [-0.4, -0.2) is 31.0 Å². The van der Waals surface area contributed by atoms with Gasteiger partial charge >= 0.3 is 5.97 Å². The number of pyridine rings is 1. The highest BCUT2D eigenvalue weighted by atomic mass is 32.2. The molecule has 0 aliphatic carbocycles. The van der Waals surface area contributed by atoms with Crippen LogP contribution in [0.15, 0.2) is 35.4 Å². The molecule has 21 heavy (non-hydrogen) atoms. The number of nitrogens with zero attached hydrogens (tertiary/aromatic N) is 1. The molecule has 0 aliphatic heterocycles. The molecule has 0 saturated heterocycles. The van der Waals surface area contributed by atoms with Crippen LogP contribution in [0.3, 0.4) is 0 Å². The Morgan fingerprint density at radius 3 is 2.81 bits per heavy atom. The molecule has 0 amide bonds. The van der Waals surface area contributed by atoms with Crippen molar-refractivity contribution in [3.8, 4) is 0 Å². The first-order valence-corrected chi connectivity index (χ1v) is 7.87. The molecule has 2 N–H and O–H groups in total. The predicted octanol–water partition coefficient (Wildman–Crippen LogP) is 1.54. The monoisotopic (exact) mass is 308 g/mol. The lowest BCUT2D eigenvalue weighted by Gasteiger charge is -2.11. The van der Waals surface area contributed by atoms with Crippen LogP contribution in [0.25, 0.3) is 10.9 Å². The summed E-state index contributed by atoms with van der Waals surface area (Å²) in [5, 5.41) is 9.53. The van der Waals surface area contributed by atoms with Crippen LogP contribution in [-0.2, 0) is 14.8 Å². The lowest BCUT2D eigenvalue weighted by molar-refractivity contribution is -0.140. The summed E-state index contributed by atoms with van der Waals surface area (Å²) in [4.78, 5) is 15.0. The van der Waals surface area contributed by atoms with Crippen LogP contribution in [0.4, 0.5) is 0 Å². The number of rotatable bonds is 5. The van der Waals surface area contributed by atoms with E-state index in [4.69, 9.17) is 5.11 Å². The number of carbonyl (C=O) groups is 1. The van der Waals surface area contributed by atoms with Gasteiger partial charge in [-0.25, -0.2) is 13.1 Å². The highest BCUT2D eigenvalue weighted by molar-refractivity contribution is 7.89. The topological polar surface area (TPSA) is 96.4 Å². The van der Waals surface area contributed by atoms with Crippen molar-refractivity contribution in [2.45, 2.75) is 18.7 Å². The molecule has 0 radical (unpaired) electrons. The molecule has 1 aromatic carbocycles. The summed E-state index contributed by atoms with van der Waals surface area (Å²) >= 11 is 0. The Morgan fingerprint density at radius 1 is 1.43 bits per heavy atom. The molecule has 1 unspecified atom stereocenters. The van der Waals surface area contributed by atoms with Crippen molar-refractivity contribution in [3.05, 3.63) is 36.0 Å². The van der Waals surface area contributed by atoms with Crippen molar-refractivity contribution in [3.63, 3.8) is 0 Å². The van der Waals surface area contributed by atoms with Gasteiger partial charge in [0, 0.05) is 18.1 Å². The fourth-order valence-corrected chi connectivity index (χ4v) is 3.17. The number of sulfonamides is 1. The lowest BCUT2D eigenvalue weighted by Crippen LogP contribution is -2.31. The molecule has 2 aromatic rings. The Bertz CT molecular complexity index is 787. The van der Waals surface area contributed by atoms with Gasteiger partial charge in [-0.2, -0.15) is 0 Å². The van der Waals surface area contributed by atoms with E-state index in [1.54, 1.807) is 18.3 Å². The average Bonchev–Trinajstić information content (AvgIpc) is 2.43. The third-order valence-electron chi connectivity index (χ3n) is 3.10. The van der Waals surface area contributed by atoms with Crippen LogP contribution in [0.2, 0.25) is 0 Å². The van der Waals surface area contributed by atoms with Crippen molar-refractivity contribution in [1.82, 2.24) is 9.71 Å². The molecular weight excluding hydrogens is 292 g/mol.